The number of nitrogens with one attached hydrogen (secondary N) is 2. The lowest BCUT2D eigenvalue weighted by Crippen LogP contribution is -2.30. The maximum absolute atomic E-state index is 12.3. The predicted molar refractivity (Wildman–Crippen MR) is 122 cm³/mol. The number of hydrogen-bond donors (Lipinski definition) is 2. The van der Waals surface area contributed by atoms with E-state index in [9.17, 15) is 18.0 Å². The molecule has 2 aromatic rings. The van der Waals surface area contributed by atoms with Gasteiger partial charge >= 0.3 is 0 Å². The van der Waals surface area contributed by atoms with Crippen LogP contribution in [0.5, 0.6) is 5.75 Å². The summed E-state index contributed by atoms with van der Waals surface area (Å²) in [7, 11) is -3.89. The van der Waals surface area contributed by atoms with Crippen LogP contribution in [-0.2, 0) is 14.8 Å². The normalized spacial score (nSPS) is 11.1. The summed E-state index contributed by atoms with van der Waals surface area (Å²) in [4.78, 5) is 26.2. The van der Waals surface area contributed by atoms with E-state index in [1.54, 1.807) is 53.4 Å². The summed E-state index contributed by atoms with van der Waals surface area (Å²) in [6.45, 7) is 8.80. The molecule has 2 N–H and O–H groups in total. The van der Waals surface area contributed by atoms with Gasteiger partial charge in [-0.25, -0.2) is 8.42 Å². The summed E-state index contributed by atoms with van der Waals surface area (Å²) in [6.07, 6.45) is 0.00986. The summed E-state index contributed by atoms with van der Waals surface area (Å²) in [6, 6.07) is 12.8. The smallest absolute Gasteiger partial charge is 0.253 e. The molecule has 0 aromatic heterocycles. The first kappa shape index (κ1) is 24.2. The fourth-order valence-electron chi connectivity index (χ4n) is 2.85. The van der Waals surface area contributed by atoms with Crippen molar-refractivity contribution >= 4 is 33.2 Å². The highest BCUT2D eigenvalue weighted by Crippen LogP contribution is 2.18. The van der Waals surface area contributed by atoms with E-state index in [1.165, 1.54) is 0 Å². The van der Waals surface area contributed by atoms with Gasteiger partial charge in [0.2, 0.25) is 15.9 Å². The average Bonchev–Trinajstić information content (AvgIpc) is 2.69. The molecule has 0 heterocycles. The standard InChI is InChI=1S/C22H29N3O5S/c1-5-25(6-2)22(27)17-7-9-18(10-8-17)23-21(26)15-31(28,29)24-19-11-13-20(14-12-19)30-16(3)4/h7-14,16,24H,5-6,15H2,1-4H3,(H,23,26). The van der Waals surface area contributed by atoms with Gasteiger partial charge in [0.1, 0.15) is 11.5 Å². The van der Waals surface area contributed by atoms with Gasteiger partial charge in [-0.1, -0.05) is 0 Å². The Labute approximate surface area is 183 Å². The van der Waals surface area contributed by atoms with Crippen LogP contribution in [0.4, 0.5) is 11.4 Å². The van der Waals surface area contributed by atoms with E-state index in [4.69, 9.17) is 4.74 Å². The second kappa shape index (κ2) is 10.8. The zero-order valence-corrected chi connectivity index (χ0v) is 19.0. The van der Waals surface area contributed by atoms with Gasteiger partial charge in [0.15, 0.2) is 0 Å². The van der Waals surface area contributed by atoms with E-state index < -0.39 is 21.7 Å². The molecule has 31 heavy (non-hydrogen) atoms. The van der Waals surface area contributed by atoms with Crippen LogP contribution in [0.25, 0.3) is 0 Å². The first-order valence-electron chi connectivity index (χ1n) is 10.1. The van der Waals surface area contributed by atoms with Crippen LogP contribution in [0.1, 0.15) is 38.1 Å². The summed E-state index contributed by atoms with van der Waals surface area (Å²) < 4.78 is 32.5. The Morgan fingerprint density at radius 3 is 2.00 bits per heavy atom. The number of rotatable bonds is 10. The summed E-state index contributed by atoms with van der Waals surface area (Å²) in [5.74, 6) is -0.898. The van der Waals surface area contributed by atoms with Crippen molar-refractivity contribution in [1.82, 2.24) is 4.90 Å². The molecule has 2 amide bonds. The second-order valence-corrected chi connectivity index (χ2v) is 8.88. The topological polar surface area (TPSA) is 105 Å². The molecular weight excluding hydrogens is 418 g/mol. The number of amides is 2. The van der Waals surface area contributed by atoms with Crippen LogP contribution in [0.15, 0.2) is 48.5 Å². The largest absolute Gasteiger partial charge is 0.491 e. The molecule has 0 bridgehead atoms. The molecule has 0 aliphatic rings. The lowest BCUT2D eigenvalue weighted by Gasteiger charge is -2.18. The minimum atomic E-state index is -3.89. The molecule has 0 aliphatic carbocycles. The van der Waals surface area contributed by atoms with Crippen LogP contribution >= 0.6 is 0 Å². The zero-order chi connectivity index (χ0) is 23.0. The van der Waals surface area contributed by atoms with Crippen LogP contribution in [-0.4, -0.2) is 50.1 Å². The fraction of sp³-hybridized carbons (Fsp3) is 0.364. The summed E-state index contributed by atoms with van der Waals surface area (Å²) >= 11 is 0. The molecule has 2 rings (SSSR count). The van der Waals surface area contributed by atoms with Crippen molar-refractivity contribution in [3.05, 3.63) is 54.1 Å². The molecule has 0 aliphatic heterocycles. The van der Waals surface area contributed by atoms with Crippen molar-refractivity contribution < 1.29 is 22.7 Å². The number of ether oxygens (including phenoxy) is 1. The number of carbonyl (C=O) groups is 2. The molecule has 0 atom stereocenters. The van der Waals surface area contributed by atoms with E-state index in [-0.39, 0.29) is 12.0 Å². The molecule has 0 fully saturated rings. The molecule has 0 saturated carbocycles. The van der Waals surface area contributed by atoms with Gasteiger partial charge in [0.25, 0.3) is 5.91 Å². The number of carbonyl (C=O) groups excluding carboxylic acids is 2. The van der Waals surface area contributed by atoms with E-state index in [1.807, 2.05) is 27.7 Å². The van der Waals surface area contributed by atoms with Gasteiger partial charge in [-0.2, -0.15) is 0 Å². The first-order valence-corrected chi connectivity index (χ1v) is 11.7. The third kappa shape index (κ3) is 7.60. The van der Waals surface area contributed by atoms with Crippen LogP contribution in [0, 0.1) is 0 Å². The quantitative estimate of drug-likeness (QED) is 0.581. The number of benzene rings is 2. The monoisotopic (exact) mass is 447 g/mol. The molecule has 0 unspecified atom stereocenters. The van der Waals surface area contributed by atoms with E-state index in [0.717, 1.165) is 0 Å². The highest BCUT2D eigenvalue weighted by molar-refractivity contribution is 7.93. The Balaban J connectivity index is 1.94. The number of anilines is 2. The van der Waals surface area contributed by atoms with E-state index in [0.29, 0.717) is 35.8 Å². The Morgan fingerprint density at radius 2 is 1.48 bits per heavy atom. The van der Waals surface area contributed by atoms with Gasteiger partial charge in [0.05, 0.1) is 6.10 Å². The zero-order valence-electron chi connectivity index (χ0n) is 18.2. The SMILES string of the molecule is CCN(CC)C(=O)c1ccc(NC(=O)CS(=O)(=O)Nc2ccc(OC(C)C)cc2)cc1. The lowest BCUT2D eigenvalue weighted by molar-refractivity contribution is -0.113. The number of hydrogen-bond acceptors (Lipinski definition) is 5. The third-order valence-corrected chi connectivity index (χ3v) is 5.48. The van der Waals surface area contributed by atoms with E-state index in [2.05, 4.69) is 10.0 Å². The van der Waals surface area contributed by atoms with E-state index >= 15 is 0 Å². The van der Waals surface area contributed by atoms with Crippen LogP contribution in [0.2, 0.25) is 0 Å². The minimum absolute atomic E-state index is 0.00986. The molecule has 0 radical (unpaired) electrons. The molecule has 8 nitrogen and oxygen atoms in total. The summed E-state index contributed by atoms with van der Waals surface area (Å²) in [5, 5.41) is 2.53. The van der Waals surface area contributed by atoms with Crippen molar-refractivity contribution in [2.24, 2.45) is 0 Å². The second-order valence-electron chi connectivity index (χ2n) is 7.16. The molecule has 168 valence electrons. The highest BCUT2D eigenvalue weighted by atomic mass is 32.2. The number of nitrogens with zero attached hydrogens (tertiary/aromatic N) is 1. The van der Waals surface area contributed by atoms with Crippen LogP contribution < -0.4 is 14.8 Å². The maximum atomic E-state index is 12.3. The van der Waals surface area contributed by atoms with Gasteiger partial charge in [0, 0.05) is 30.0 Å². The van der Waals surface area contributed by atoms with Crippen molar-refractivity contribution in [3.8, 4) is 5.75 Å². The van der Waals surface area contributed by atoms with Crippen molar-refractivity contribution in [2.75, 3.05) is 28.9 Å². The van der Waals surface area contributed by atoms with Crippen molar-refractivity contribution in [3.63, 3.8) is 0 Å². The van der Waals surface area contributed by atoms with Gasteiger partial charge in [-0.15, -0.1) is 0 Å². The Bertz CT molecular complexity index is 983. The lowest BCUT2D eigenvalue weighted by atomic mass is 10.2. The van der Waals surface area contributed by atoms with Gasteiger partial charge in [-0.05, 0) is 76.2 Å². The molecule has 0 saturated heterocycles. The average molecular weight is 448 g/mol. The highest BCUT2D eigenvalue weighted by Gasteiger charge is 2.17. The molecular formula is C22H29N3O5S. The predicted octanol–water partition coefficient (Wildman–Crippen LogP) is 3.34. The van der Waals surface area contributed by atoms with Crippen molar-refractivity contribution in [2.45, 2.75) is 33.8 Å². The Kier molecular flexibility index (Phi) is 8.44. The number of sulfonamides is 1. The van der Waals surface area contributed by atoms with Crippen molar-refractivity contribution in [1.29, 1.82) is 0 Å². The first-order chi connectivity index (χ1) is 14.6. The minimum Gasteiger partial charge on any atom is -0.491 e. The van der Waals surface area contributed by atoms with Crippen LogP contribution in [0.3, 0.4) is 0 Å². The fourth-order valence-corrected chi connectivity index (χ4v) is 3.83. The van der Waals surface area contributed by atoms with Gasteiger partial charge < -0.3 is 15.0 Å². The summed E-state index contributed by atoms with van der Waals surface area (Å²) in [5.41, 5.74) is 1.25. The third-order valence-electron chi connectivity index (χ3n) is 4.29. The molecule has 9 heteroatoms. The Morgan fingerprint density at radius 1 is 0.935 bits per heavy atom. The molecule has 0 spiro atoms. The molecule has 2 aromatic carbocycles. The Hall–Kier alpha value is -3.07. The maximum Gasteiger partial charge on any atom is 0.253 e. The van der Waals surface area contributed by atoms with Gasteiger partial charge in [-0.3, -0.25) is 14.3 Å².